The van der Waals surface area contributed by atoms with Crippen molar-refractivity contribution in [2.45, 2.75) is 6.54 Å². The molecule has 1 aromatic carbocycles. The van der Waals surface area contributed by atoms with Gasteiger partial charge in [0.05, 0.1) is 5.52 Å². The van der Waals surface area contributed by atoms with E-state index in [0.717, 1.165) is 40.0 Å². The van der Waals surface area contributed by atoms with Crippen LogP contribution in [0.15, 0.2) is 49.1 Å². The van der Waals surface area contributed by atoms with Crippen molar-refractivity contribution in [3.8, 4) is 0 Å². The van der Waals surface area contributed by atoms with Crippen LogP contribution in [0.5, 0.6) is 0 Å². The zero-order chi connectivity index (χ0) is 14.9. The first-order chi connectivity index (χ1) is 10.8. The van der Waals surface area contributed by atoms with Crippen molar-refractivity contribution in [2.24, 2.45) is 5.73 Å². The Morgan fingerprint density at radius 1 is 1.18 bits per heavy atom. The van der Waals surface area contributed by atoms with Crippen LogP contribution in [-0.2, 0) is 6.54 Å². The normalized spacial score (nSPS) is 11.3. The van der Waals surface area contributed by atoms with E-state index in [1.165, 1.54) is 0 Å². The van der Waals surface area contributed by atoms with Crippen molar-refractivity contribution >= 4 is 33.4 Å². The maximum atomic E-state index is 5.68. The molecule has 3 heterocycles. The van der Waals surface area contributed by atoms with Gasteiger partial charge in [0.15, 0.2) is 5.82 Å². The molecule has 4 N–H and O–H groups in total. The van der Waals surface area contributed by atoms with E-state index in [4.69, 9.17) is 5.73 Å². The molecule has 6 nitrogen and oxygen atoms in total. The highest BCUT2D eigenvalue weighted by molar-refractivity contribution is 5.90. The molecule has 0 saturated carbocycles. The monoisotopic (exact) mass is 292 g/mol. The van der Waals surface area contributed by atoms with E-state index < -0.39 is 0 Å². The SMILES string of the molecule is NCCn1ccc2ncnc(Nc3ccc4[nH]ccc4c3)c21. The molecule has 6 heteroatoms. The number of aromatic nitrogens is 4. The predicted molar refractivity (Wildman–Crippen MR) is 88.2 cm³/mol. The Kier molecular flexibility index (Phi) is 3.01. The van der Waals surface area contributed by atoms with Crippen molar-refractivity contribution in [1.82, 2.24) is 19.5 Å². The van der Waals surface area contributed by atoms with E-state index in [-0.39, 0.29) is 0 Å². The Labute approximate surface area is 127 Å². The molecule has 4 rings (SSSR count). The van der Waals surface area contributed by atoms with Crippen LogP contribution in [0.2, 0.25) is 0 Å². The summed E-state index contributed by atoms with van der Waals surface area (Å²) in [4.78, 5) is 11.9. The van der Waals surface area contributed by atoms with Gasteiger partial charge in [0.2, 0.25) is 0 Å². The number of H-pyrrole nitrogens is 1. The second-order valence-electron chi connectivity index (χ2n) is 5.16. The lowest BCUT2D eigenvalue weighted by Crippen LogP contribution is -2.10. The standard InChI is InChI=1S/C16H16N6/c17-5-8-22-7-4-14-15(22)16(20-10-19-14)21-12-1-2-13-11(9-12)3-6-18-13/h1-4,6-7,9-10,18H,5,8,17H2,(H,19,20,21). The Hall–Kier alpha value is -2.86. The van der Waals surface area contributed by atoms with E-state index in [9.17, 15) is 0 Å². The fourth-order valence-corrected chi connectivity index (χ4v) is 2.72. The highest BCUT2D eigenvalue weighted by Gasteiger charge is 2.09. The number of benzene rings is 1. The van der Waals surface area contributed by atoms with Gasteiger partial charge in [0.1, 0.15) is 11.8 Å². The third kappa shape index (κ3) is 2.10. The average molecular weight is 292 g/mol. The van der Waals surface area contributed by atoms with Crippen molar-refractivity contribution in [1.29, 1.82) is 0 Å². The van der Waals surface area contributed by atoms with Gasteiger partial charge in [0, 0.05) is 42.1 Å². The minimum absolute atomic E-state index is 0.577. The summed E-state index contributed by atoms with van der Waals surface area (Å²) in [5.74, 6) is 0.790. The van der Waals surface area contributed by atoms with Crippen LogP contribution in [0.1, 0.15) is 0 Å². The van der Waals surface area contributed by atoms with Crippen LogP contribution in [-0.4, -0.2) is 26.1 Å². The Balaban J connectivity index is 1.78. The number of rotatable bonds is 4. The van der Waals surface area contributed by atoms with Gasteiger partial charge < -0.3 is 20.6 Å². The van der Waals surface area contributed by atoms with Gasteiger partial charge in [-0.05, 0) is 30.3 Å². The molecule has 22 heavy (non-hydrogen) atoms. The molecule has 0 amide bonds. The highest BCUT2D eigenvalue weighted by Crippen LogP contribution is 2.25. The summed E-state index contributed by atoms with van der Waals surface area (Å²) in [5.41, 5.74) is 9.67. The fourth-order valence-electron chi connectivity index (χ4n) is 2.72. The molecular weight excluding hydrogens is 276 g/mol. The number of hydrogen-bond donors (Lipinski definition) is 3. The molecule has 4 aromatic rings. The Morgan fingerprint density at radius 2 is 2.14 bits per heavy atom. The van der Waals surface area contributed by atoms with Crippen LogP contribution < -0.4 is 11.1 Å². The molecule has 0 aliphatic carbocycles. The van der Waals surface area contributed by atoms with Gasteiger partial charge >= 0.3 is 0 Å². The zero-order valence-electron chi connectivity index (χ0n) is 12.0. The van der Waals surface area contributed by atoms with Gasteiger partial charge in [-0.1, -0.05) is 0 Å². The van der Waals surface area contributed by atoms with Gasteiger partial charge in [-0.3, -0.25) is 0 Å². The topological polar surface area (TPSA) is 84.6 Å². The molecular formula is C16H16N6. The Bertz CT molecular complexity index is 936. The molecule has 3 aromatic heterocycles. The van der Waals surface area contributed by atoms with Crippen LogP contribution in [0.3, 0.4) is 0 Å². The van der Waals surface area contributed by atoms with Gasteiger partial charge in [-0.2, -0.15) is 0 Å². The summed E-state index contributed by atoms with van der Waals surface area (Å²) in [6.45, 7) is 1.32. The van der Waals surface area contributed by atoms with Gasteiger partial charge in [0.25, 0.3) is 0 Å². The first-order valence-corrected chi connectivity index (χ1v) is 7.19. The zero-order valence-corrected chi connectivity index (χ0v) is 12.0. The Morgan fingerprint density at radius 3 is 3.05 bits per heavy atom. The van der Waals surface area contributed by atoms with E-state index >= 15 is 0 Å². The molecule has 0 aliphatic rings. The highest BCUT2D eigenvalue weighted by atomic mass is 15.1. The number of nitrogens with zero attached hydrogens (tertiary/aromatic N) is 3. The number of hydrogen-bond acceptors (Lipinski definition) is 4. The minimum atomic E-state index is 0.577. The number of anilines is 2. The van der Waals surface area contributed by atoms with E-state index in [1.54, 1.807) is 6.33 Å². The molecule has 0 fully saturated rings. The second-order valence-corrected chi connectivity index (χ2v) is 5.16. The van der Waals surface area contributed by atoms with E-state index in [2.05, 4.69) is 37.0 Å². The molecule has 0 bridgehead atoms. The molecule has 0 saturated heterocycles. The maximum Gasteiger partial charge on any atom is 0.158 e. The molecule has 0 radical (unpaired) electrons. The minimum Gasteiger partial charge on any atom is -0.361 e. The van der Waals surface area contributed by atoms with Gasteiger partial charge in [-0.25, -0.2) is 9.97 Å². The van der Waals surface area contributed by atoms with Gasteiger partial charge in [-0.15, -0.1) is 0 Å². The van der Waals surface area contributed by atoms with Crippen molar-refractivity contribution < 1.29 is 0 Å². The summed E-state index contributed by atoms with van der Waals surface area (Å²) in [5, 5.41) is 4.55. The van der Waals surface area contributed by atoms with E-state index in [0.29, 0.717) is 6.54 Å². The molecule has 0 spiro atoms. The molecule has 0 aliphatic heterocycles. The van der Waals surface area contributed by atoms with Crippen molar-refractivity contribution in [2.75, 3.05) is 11.9 Å². The summed E-state index contributed by atoms with van der Waals surface area (Å²) < 4.78 is 2.08. The molecule has 110 valence electrons. The first-order valence-electron chi connectivity index (χ1n) is 7.19. The number of aromatic amines is 1. The lowest BCUT2D eigenvalue weighted by atomic mass is 10.2. The lowest BCUT2D eigenvalue weighted by Gasteiger charge is -2.10. The number of nitrogens with two attached hydrogens (primary N) is 1. The third-order valence-electron chi connectivity index (χ3n) is 3.74. The first kappa shape index (κ1) is 12.8. The predicted octanol–water partition coefficient (Wildman–Crippen LogP) is 2.61. The van der Waals surface area contributed by atoms with E-state index in [1.807, 2.05) is 30.6 Å². The summed E-state index contributed by atoms with van der Waals surface area (Å²) >= 11 is 0. The largest absolute Gasteiger partial charge is 0.361 e. The van der Waals surface area contributed by atoms with Crippen LogP contribution in [0.25, 0.3) is 21.9 Å². The second kappa shape index (κ2) is 5.16. The van der Waals surface area contributed by atoms with Crippen LogP contribution in [0, 0.1) is 0 Å². The lowest BCUT2D eigenvalue weighted by molar-refractivity contribution is 0.735. The third-order valence-corrected chi connectivity index (χ3v) is 3.74. The fraction of sp³-hybridized carbons (Fsp3) is 0.125. The van der Waals surface area contributed by atoms with Crippen LogP contribution >= 0.6 is 0 Å². The summed E-state index contributed by atoms with van der Waals surface area (Å²) in [6, 6.07) is 10.2. The van der Waals surface area contributed by atoms with Crippen molar-refractivity contribution in [3.63, 3.8) is 0 Å². The number of nitrogens with one attached hydrogen (secondary N) is 2. The number of fused-ring (bicyclic) bond motifs is 2. The quantitative estimate of drug-likeness (QED) is 0.540. The average Bonchev–Trinajstić information content (AvgIpc) is 3.15. The molecule has 0 atom stereocenters. The summed E-state index contributed by atoms with van der Waals surface area (Å²) in [7, 11) is 0. The van der Waals surface area contributed by atoms with Crippen LogP contribution in [0.4, 0.5) is 11.5 Å². The smallest absolute Gasteiger partial charge is 0.158 e. The summed E-state index contributed by atoms with van der Waals surface area (Å²) in [6.07, 6.45) is 5.50. The van der Waals surface area contributed by atoms with Crippen molar-refractivity contribution in [3.05, 3.63) is 49.1 Å². The molecule has 0 unspecified atom stereocenters. The maximum absolute atomic E-state index is 5.68.